The van der Waals surface area contributed by atoms with E-state index in [0.717, 1.165) is 11.1 Å². The fourth-order valence-electron chi connectivity index (χ4n) is 3.14. The van der Waals surface area contributed by atoms with Gasteiger partial charge in [0.1, 0.15) is 10.3 Å². The molecule has 0 fully saturated rings. The zero-order chi connectivity index (χ0) is 20.4. The van der Waals surface area contributed by atoms with E-state index in [9.17, 15) is 4.79 Å². The standard InChI is InChI=1S/C19H17Cl2N5O2S/c1-28-8-4-7-25-17(27)13-5-2-3-6-14(13)26-18(25)23-24-19(26)29-11-12-9-15(20)22-16(21)10-12/h2-3,5-6,9-10H,4,7-8,11H2,1H3. The molecular weight excluding hydrogens is 433 g/mol. The normalized spacial score (nSPS) is 11.6. The van der Waals surface area contributed by atoms with Crippen LogP contribution in [-0.2, 0) is 17.0 Å². The van der Waals surface area contributed by atoms with Crippen LogP contribution in [0.25, 0.3) is 16.7 Å². The number of methoxy groups -OCH3 is 1. The van der Waals surface area contributed by atoms with Gasteiger partial charge in [0.2, 0.25) is 5.78 Å². The van der Waals surface area contributed by atoms with Gasteiger partial charge in [0.15, 0.2) is 5.16 Å². The number of hydrogen-bond acceptors (Lipinski definition) is 6. The highest BCUT2D eigenvalue weighted by molar-refractivity contribution is 7.98. The number of ether oxygens (including phenoxy) is 1. The van der Waals surface area contributed by atoms with E-state index in [4.69, 9.17) is 27.9 Å². The monoisotopic (exact) mass is 449 g/mol. The summed E-state index contributed by atoms with van der Waals surface area (Å²) in [5.74, 6) is 1.10. The summed E-state index contributed by atoms with van der Waals surface area (Å²) in [6.45, 7) is 1.06. The second-order valence-electron chi connectivity index (χ2n) is 6.35. The van der Waals surface area contributed by atoms with Gasteiger partial charge in [-0.2, -0.15) is 0 Å². The van der Waals surface area contributed by atoms with E-state index < -0.39 is 0 Å². The SMILES string of the molecule is COCCCn1c(=O)c2ccccc2n2c(SCc3cc(Cl)nc(Cl)c3)nnc12. The predicted octanol–water partition coefficient (Wildman–Crippen LogP) is 4.07. The Labute approximate surface area is 180 Å². The first kappa shape index (κ1) is 20.2. The number of halogens is 2. The van der Waals surface area contributed by atoms with Gasteiger partial charge in [0, 0.05) is 26.0 Å². The highest BCUT2D eigenvalue weighted by atomic mass is 35.5. The summed E-state index contributed by atoms with van der Waals surface area (Å²) in [5, 5.41) is 10.6. The van der Waals surface area contributed by atoms with Crippen LogP contribution in [-0.4, -0.2) is 37.9 Å². The van der Waals surface area contributed by atoms with Gasteiger partial charge in [-0.05, 0) is 36.2 Å². The molecule has 0 radical (unpaired) electrons. The lowest BCUT2D eigenvalue weighted by molar-refractivity contribution is 0.190. The molecule has 4 rings (SSSR count). The van der Waals surface area contributed by atoms with Crippen molar-refractivity contribution >= 4 is 51.6 Å². The molecule has 150 valence electrons. The molecule has 0 spiro atoms. The van der Waals surface area contributed by atoms with E-state index in [0.29, 0.717) is 52.0 Å². The number of nitrogens with zero attached hydrogens (tertiary/aromatic N) is 5. The first-order valence-corrected chi connectivity index (χ1v) is 10.6. The van der Waals surface area contributed by atoms with Gasteiger partial charge in [-0.1, -0.05) is 47.1 Å². The Hall–Kier alpha value is -2.13. The maximum absolute atomic E-state index is 13.0. The Bertz CT molecular complexity index is 1220. The fraction of sp³-hybridized carbons (Fsp3) is 0.263. The number of para-hydroxylation sites is 1. The van der Waals surface area contributed by atoms with Crippen LogP contribution in [0.15, 0.2) is 46.3 Å². The highest BCUT2D eigenvalue weighted by Gasteiger charge is 2.16. The van der Waals surface area contributed by atoms with Crippen LogP contribution in [0.2, 0.25) is 10.3 Å². The van der Waals surface area contributed by atoms with Crippen molar-refractivity contribution in [3.8, 4) is 0 Å². The fourth-order valence-corrected chi connectivity index (χ4v) is 4.52. The van der Waals surface area contributed by atoms with E-state index in [1.54, 1.807) is 23.8 Å². The number of rotatable bonds is 7. The van der Waals surface area contributed by atoms with Crippen LogP contribution in [0.1, 0.15) is 12.0 Å². The molecule has 0 atom stereocenters. The van der Waals surface area contributed by atoms with Gasteiger partial charge >= 0.3 is 0 Å². The van der Waals surface area contributed by atoms with E-state index >= 15 is 0 Å². The van der Waals surface area contributed by atoms with Gasteiger partial charge in [-0.15, -0.1) is 10.2 Å². The van der Waals surface area contributed by atoms with E-state index in [1.807, 2.05) is 28.7 Å². The molecule has 7 nitrogen and oxygen atoms in total. The molecule has 1 aromatic carbocycles. The Kier molecular flexibility index (Phi) is 6.05. The van der Waals surface area contributed by atoms with Crippen LogP contribution in [0, 0.1) is 0 Å². The summed E-state index contributed by atoms with van der Waals surface area (Å²) < 4.78 is 8.69. The number of aryl methyl sites for hydroxylation is 1. The number of fused-ring (bicyclic) bond motifs is 3. The number of hydrogen-bond donors (Lipinski definition) is 0. The van der Waals surface area contributed by atoms with E-state index in [-0.39, 0.29) is 5.56 Å². The van der Waals surface area contributed by atoms with Gasteiger partial charge in [0.05, 0.1) is 10.9 Å². The summed E-state index contributed by atoms with van der Waals surface area (Å²) in [7, 11) is 1.64. The molecule has 3 heterocycles. The number of benzene rings is 1. The van der Waals surface area contributed by atoms with Crippen molar-refractivity contribution < 1.29 is 4.74 Å². The molecule has 0 saturated heterocycles. The Morgan fingerprint density at radius 2 is 1.90 bits per heavy atom. The Balaban J connectivity index is 1.78. The maximum atomic E-state index is 13.0. The van der Waals surface area contributed by atoms with Crippen LogP contribution in [0.5, 0.6) is 0 Å². The summed E-state index contributed by atoms with van der Waals surface area (Å²) in [6.07, 6.45) is 0.702. The zero-order valence-corrected chi connectivity index (χ0v) is 17.8. The van der Waals surface area contributed by atoms with Gasteiger partial charge in [-0.3, -0.25) is 13.8 Å². The van der Waals surface area contributed by atoms with E-state index in [2.05, 4.69) is 15.2 Å². The summed E-state index contributed by atoms with van der Waals surface area (Å²) >= 11 is 13.5. The average Bonchev–Trinajstić information content (AvgIpc) is 3.12. The minimum Gasteiger partial charge on any atom is -0.385 e. The molecule has 0 N–H and O–H groups in total. The molecule has 0 bridgehead atoms. The van der Waals surface area contributed by atoms with Crippen LogP contribution in [0.3, 0.4) is 0 Å². The lowest BCUT2D eigenvalue weighted by atomic mass is 10.2. The molecule has 3 aromatic heterocycles. The molecular formula is C19H17Cl2N5O2S. The lowest BCUT2D eigenvalue weighted by Gasteiger charge is -2.11. The molecule has 4 aromatic rings. The van der Waals surface area contributed by atoms with Crippen LogP contribution >= 0.6 is 35.0 Å². The molecule has 0 aliphatic heterocycles. The number of aromatic nitrogens is 5. The first-order chi connectivity index (χ1) is 14.1. The van der Waals surface area contributed by atoms with Crippen LogP contribution in [0.4, 0.5) is 0 Å². The molecule has 0 aliphatic rings. The number of thioether (sulfide) groups is 1. The van der Waals surface area contributed by atoms with Crippen LogP contribution < -0.4 is 5.56 Å². The van der Waals surface area contributed by atoms with Gasteiger partial charge < -0.3 is 4.74 Å². The average molecular weight is 450 g/mol. The quantitative estimate of drug-likeness (QED) is 0.240. The largest absolute Gasteiger partial charge is 0.385 e. The Morgan fingerprint density at radius 1 is 1.14 bits per heavy atom. The van der Waals surface area contributed by atoms with Crippen molar-refractivity contribution in [3.63, 3.8) is 0 Å². The topological polar surface area (TPSA) is 74.3 Å². The maximum Gasteiger partial charge on any atom is 0.262 e. The van der Waals surface area contributed by atoms with Gasteiger partial charge in [-0.25, -0.2) is 4.98 Å². The van der Waals surface area contributed by atoms with Crippen molar-refractivity contribution in [2.45, 2.75) is 23.9 Å². The van der Waals surface area contributed by atoms with Crippen molar-refractivity contribution in [1.82, 2.24) is 24.1 Å². The summed E-state index contributed by atoms with van der Waals surface area (Å²) in [6, 6.07) is 11.0. The van der Waals surface area contributed by atoms with Gasteiger partial charge in [0.25, 0.3) is 5.56 Å². The Morgan fingerprint density at radius 3 is 2.66 bits per heavy atom. The highest BCUT2D eigenvalue weighted by Crippen LogP contribution is 2.26. The molecule has 0 unspecified atom stereocenters. The van der Waals surface area contributed by atoms with Crippen molar-refractivity contribution in [1.29, 1.82) is 0 Å². The third-order valence-corrected chi connectivity index (χ3v) is 5.79. The molecule has 29 heavy (non-hydrogen) atoms. The third kappa shape index (κ3) is 4.11. The van der Waals surface area contributed by atoms with Crippen molar-refractivity contribution in [2.24, 2.45) is 0 Å². The minimum absolute atomic E-state index is 0.0825. The molecule has 0 saturated carbocycles. The summed E-state index contributed by atoms with van der Waals surface area (Å²) in [5.41, 5.74) is 1.61. The molecule has 0 amide bonds. The van der Waals surface area contributed by atoms with Crippen molar-refractivity contribution in [2.75, 3.05) is 13.7 Å². The third-order valence-electron chi connectivity index (χ3n) is 4.40. The first-order valence-electron chi connectivity index (χ1n) is 8.89. The van der Waals surface area contributed by atoms with Crippen molar-refractivity contribution in [3.05, 3.63) is 62.6 Å². The van der Waals surface area contributed by atoms with E-state index in [1.165, 1.54) is 11.8 Å². The minimum atomic E-state index is -0.0825. The molecule has 10 heteroatoms. The number of pyridine rings is 1. The second kappa shape index (κ2) is 8.71. The second-order valence-corrected chi connectivity index (χ2v) is 8.06. The predicted molar refractivity (Wildman–Crippen MR) is 115 cm³/mol. The zero-order valence-electron chi connectivity index (χ0n) is 15.5. The lowest BCUT2D eigenvalue weighted by Crippen LogP contribution is -2.24. The smallest absolute Gasteiger partial charge is 0.262 e. The molecule has 0 aliphatic carbocycles. The summed E-state index contributed by atoms with van der Waals surface area (Å²) in [4.78, 5) is 17.0.